The number of hydrogen-bond acceptors (Lipinski definition) is 2. The number of rotatable bonds is 4. The van der Waals surface area contributed by atoms with Gasteiger partial charge >= 0.3 is 5.97 Å². The lowest BCUT2D eigenvalue weighted by Gasteiger charge is -2.03. The molecule has 0 spiro atoms. The smallest absolute Gasteiger partial charge is 0.325 e. The van der Waals surface area contributed by atoms with Crippen molar-refractivity contribution in [2.75, 3.05) is 0 Å². The molecule has 0 unspecified atom stereocenters. The van der Waals surface area contributed by atoms with Crippen LogP contribution in [0.5, 0.6) is 0 Å². The van der Waals surface area contributed by atoms with Crippen molar-refractivity contribution in [1.29, 1.82) is 0 Å². The third-order valence-electron chi connectivity index (χ3n) is 1.73. The van der Waals surface area contributed by atoms with Gasteiger partial charge in [0.25, 0.3) is 0 Å². The molecule has 0 aliphatic carbocycles. The number of carboxylic acid groups (broad SMARTS) is 1. The first-order chi connectivity index (χ1) is 6.56. The Hall–Kier alpha value is -0.360. The van der Waals surface area contributed by atoms with E-state index in [2.05, 4.69) is 37.0 Å². The summed E-state index contributed by atoms with van der Waals surface area (Å²) in [6.45, 7) is 1.94. The SMILES string of the molecule is CCCc1c(Br)c(Br)nn1CC(=O)O. The van der Waals surface area contributed by atoms with E-state index in [4.69, 9.17) is 5.11 Å². The van der Waals surface area contributed by atoms with Gasteiger partial charge in [0, 0.05) is 0 Å². The van der Waals surface area contributed by atoms with Crippen molar-refractivity contribution in [2.24, 2.45) is 0 Å². The Balaban J connectivity index is 3.01. The molecular weight excluding hydrogens is 316 g/mol. The quantitative estimate of drug-likeness (QED) is 0.925. The van der Waals surface area contributed by atoms with Gasteiger partial charge in [0.05, 0.1) is 10.2 Å². The van der Waals surface area contributed by atoms with Crippen LogP contribution in [0, 0.1) is 0 Å². The van der Waals surface area contributed by atoms with Crippen LogP contribution in [-0.4, -0.2) is 20.9 Å². The molecule has 0 aliphatic rings. The second kappa shape index (κ2) is 4.93. The third-order valence-corrected chi connectivity index (χ3v) is 3.65. The van der Waals surface area contributed by atoms with Crippen molar-refractivity contribution >= 4 is 37.8 Å². The highest BCUT2D eigenvalue weighted by atomic mass is 79.9. The molecular formula is C8H10Br2N2O2. The van der Waals surface area contributed by atoms with Crippen LogP contribution in [0.3, 0.4) is 0 Å². The Morgan fingerprint density at radius 3 is 2.71 bits per heavy atom. The lowest BCUT2D eigenvalue weighted by atomic mass is 10.2. The molecule has 1 N–H and O–H groups in total. The number of carbonyl (C=O) groups is 1. The third kappa shape index (κ3) is 2.57. The van der Waals surface area contributed by atoms with Crippen LogP contribution >= 0.6 is 31.9 Å². The van der Waals surface area contributed by atoms with E-state index in [1.807, 2.05) is 6.92 Å². The predicted molar refractivity (Wildman–Crippen MR) is 59.3 cm³/mol. The van der Waals surface area contributed by atoms with Gasteiger partial charge in [-0.3, -0.25) is 9.48 Å². The average Bonchev–Trinajstić information content (AvgIpc) is 2.32. The first-order valence-corrected chi connectivity index (χ1v) is 5.77. The van der Waals surface area contributed by atoms with Crippen LogP contribution in [0.25, 0.3) is 0 Å². The van der Waals surface area contributed by atoms with Gasteiger partial charge in [0.1, 0.15) is 11.1 Å². The van der Waals surface area contributed by atoms with Crippen molar-refractivity contribution in [1.82, 2.24) is 9.78 Å². The van der Waals surface area contributed by atoms with Crippen LogP contribution in [0.15, 0.2) is 9.08 Å². The molecule has 0 saturated heterocycles. The zero-order valence-electron chi connectivity index (χ0n) is 7.63. The van der Waals surface area contributed by atoms with E-state index < -0.39 is 5.97 Å². The summed E-state index contributed by atoms with van der Waals surface area (Å²) in [5, 5.41) is 12.7. The second-order valence-electron chi connectivity index (χ2n) is 2.85. The van der Waals surface area contributed by atoms with E-state index in [1.165, 1.54) is 4.68 Å². The molecule has 0 aliphatic heterocycles. The molecule has 0 fully saturated rings. The summed E-state index contributed by atoms with van der Waals surface area (Å²) in [4.78, 5) is 10.6. The molecule has 1 rings (SSSR count). The zero-order valence-corrected chi connectivity index (χ0v) is 10.8. The standard InChI is InChI=1S/C8H10Br2N2O2/c1-2-3-5-7(9)8(10)11-12(5)4-6(13)14/h2-4H2,1H3,(H,13,14). The highest BCUT2D eigenvalue weighted by Gasteiger charge is 2.14. The van der Waals surface area contributed by atoms with E-state index >= 15 is 0 Å². The minimum Gasteiger partial charge on any atom is -0.480 e. The minimum absolute atomic E-state index is 0.0977. The first kappa shape index (κ1) is 11.7. The molecule has 0 aromatic carbocycles. The molecule has 0 atom stereocenters. The van der Waals surface area contributed by atoms with Gasteiger partial charge in [-0.1, -0.05) is 13.3 Å². The lowest BCUT2D eigenvalue weighted by molar-refractivity contribution is -0.137. The highest BCUT2D eigenvalue weighted by molar-refractivity contribution is 9.13. The molecule has 14 heavy (non-hydrogen) atoms. The maximum absolute atomic E-state index is 10.6. The Kier molecular flexibility index (Phi) is 4.12. The van der Waals surface area contributed by atoms with Gasteiger partial charge in [-0.15, -0.1) is 0 Å². The monoisotopic (exact) mass is 324 g/mol. The van der Waals surface area contributed by atoms with Gasteiger partial charge < -0.3 is 5.11 Å². The molecule has 0 saturated carbocycles. The predicted octanol–water partition coefficient (Wildman–Crippen LogP) is 2.45. The zero-order chi connectivity index (χ0) is 10.7. The Morgan fingerprint density at radius 2 is 2.21 bits per heavy atom. The van der Waals surface area contributed by atoms with Crippen LogP contribution in [-0.2, 0) is 17.8 Å². The van der Waals surface area contributed by atoms with Gasteiger partial charge in [-0.25, -0.2) is 0 Å². The van der Waals surface area contributed by atoms with Crippen molar-refractivity contribution in [3.8, 4) is 0 Å². The fraction of sp³-hybridized carbons (Fsp3) is 0.500. The number of aliphatic carboxylic acids is 1. The largest absolute Gasteiger partial charge is 0.480 e. The van der Waals surface area contributed by atoms with E-state index in [9.17, 15) is 4.79 Å². The van der Waals surface area contributed by atoms with Crippen molar-refractivity contribution < 1.29 is 9.90 Å². The van der Waals surface area contributed by atoms with E-state index in [1.54, 1.807) is 0 Å². The van der Waals surface area contributed by atoms with Crippen LogP contribution in [0.4, 0.5) is 0 Å². The maximum Gasteiger partial charge on any atom is 0.325 e. The minimum atomic E-state index is -0.884. The lowest BCUT2D eigenvalue weighted by Crippen LogP contribution is -2.13. The van der Waals surface area contributed by atoms with Crippen molar-refractivity contribution in [3.63, 3.8) is 0 Å². The molecule has 0 bridgehead atoms. The van der Waals surface area contributed by atoms with Gasteiger partial charge in [-0.05, 0) is 38.3 Å². The fourth-order valence-corrected chi connectivity index (χ4v) is 2.08. The summed E-state index contributed by atoms with van der Waals surface area (Å²) < 4.78 is 3.00. The second-order valence-corrected chi connectivity index (χ2v) is 4.40. The van der Waals surface area contributed by atoms with Crippen molar-refractivity contribution in [2.45, 2.75) is 26.3 Å². The van der Waals surface area contributed by atoms with Gasteiger partial charge in [0.2, 0.25) is 0 Å². The summed E-state index contributed by atoms with van der Waals surface area (Å²) in [5.41, 5.74) is 0.918. The average molecular weight is 326 g/mol. The molecule has 0 radical (unpaired) electrons. The van der Waals surface area contributed by atoms with Gasteiger partial charge in [-0.2, -0.15) is 5.10 Å². The normalized spacial score (nSPS) is 10.5. The maximum atomic E-state index is 10.6. The number of halogens is 2. The van der Waals surface area contributed by atoms with Crippen molar-refractivity contribution in [3.05, 3.63) is 14.8 Å². The molecule has 0 amide bonds. The molecule has 1 aromatic rings. The summed E-state index contributed by atoms with van der Waals surface area (Å²) in [6.07, 6.45) is 1.77. The molecule has 4 nitrogen and oxygen atoms in total. The molecule has 1 heterocycles. The highest BCUT2D eigenvalue weighted by Crippen LogP contribution is 2.26. The Bertz CT molecular complexity index is 349. The number of carboxylic acids is 1. The summed E-state index contributed by atoms with van der Waals surface area (Å²) in [6, 6.07) is 0. The van der Waals surface area contributed by atoms with Crippen LogP contribution in [0.1, 0.15) is 19.0 Å². The Morgan fingerprint density at radius 1 is 1.57 bits per heavy atom. The fourth-order valence-electron chi connectivity index (χ4n) is 1.18. The molecule has 78 valence electrons. The molecule has 6 heteroatoms. The first-order valence-electron chi connectivity index (χ1n) is 4.18. The van der Waals surface area contributed by atoms with Crippen LogP contribution in [0.2, 0.25) is 0 Å². The summed E-state index contributed by atoms with van der Waals surface area (Å²) in [5.74, 6) is -0.884. The topological polar surface area (TPSA) is 55.1 Å². The van der Waals surface area contributed by atoms with E-state index in [0.717, 1.165) is 23.0 Å². The Labute approximate surface area is 98.6 Å². The van der Waals surface area contributed by atoms with E-state index in [-0.39, 0.29) is 6.54 Å². The van der Waals surface area contributed by atoms with Crippen LogP contribution < -0.4 is 0 Å². The number of hydrogen-bond donors (Lipinski definition) is 1. The number of nitrogens with zero attached hydrogens (tertiary/aromatic N) is 2. The summed E-state index contributed by atoms with van der Waals surface area (Å²) in [7, 11) is 0. The number of aromatic nitrogens is 2. The van der Waals surface area contributed by atoms with Gasteiger partial charge in [0.15, 0.2) is 0 Å². The summed E-state index contributed by atoms with van der Waals surface area (Å²) >= 11 is 6.62. The molecule has 1 aromatic heterocycles. The van der Waals surface area contributed by atoms with E-state index in [0.29, 0.717) is 4.60 Å².